The van der Waals surface area contributed by atoms with Crippen LogP contribution in [0.5, 0.6) is 0 Å². The van der Waals surface area contributed by atoms with Gasteiger partial charge in [-0.1, -0.05) is 208 Å². The van der Waals surface area contributed by atoms with Gasteiger partial charge in [-0.2, -0.15) is 0 Å². The van der Waals surface area contributed by atoms with Crippen LogP contribution in [-0.2, 0) is 0 Å². The van der Waals surface area contributed by atoms with Gasteiger partial charge in [0.25, 0.3) is 0 Å². The molecule has 2 aliphatic rings. The van der Waals surface area contributed by atoms with Crippen LogP contribution in [0.25, 0.3) is 0 Å². The molecular weight excluding hydrogens is 597 g/mol. The molecule has 0 spiro atoms. The van der Waals surface area contributed by atoms with Gasteiger partial charge >= 0.3 is 0 Å². The minimum absolute atomic E-state index is 0.135. The van der Waals surface area contributed by atoms with Gasteiger partial charge in [0, 0.05) is 0 Å². The summed E-state index contributed by atoms with van der Waals surface area (Å²) in [7, 11) is 0. The zero-order valence-electron chi connectivity index (χ0n) is 34.7. The van der Waals surface area contributed by atoms with Crippen molar-refractivity contribution >= 4 is 0 Å². The highest BCUT2D eigenvalue weighted by molar-refractivity contribution is 4.79. The molecule has 4 atom stereocenters. The molecule has 2 fully saturated rings. The number of hydrogen-bond donors (Lipinski definition) is 4. The highest BCUT2D eigenvalue weighted by Crippen LogP contribution is 2.38. The van der Waals surface area contributed by atoms with Crippen molar-refractivity contribution in [1.82, 2.24) is 0 Å². The van der Waals surface area contributed by atoms with Crippen molar-refractivity contribution in [2.75, 3.05) is 13.1 Å². The summed E-state index contributed by atoms with van der Waals surface area (Å²) in [6.45, 7) is 13.1. The summed E-state index contributed by atoms with van der Waals surface area (Å²) in [4.78, 5) is 0. The molecule has 2 aliphatic carbocycles. The summed E-state index contributed by atoms with van der Waals surface area (Å²) in [6.07, 6.45) is 43.7. The van der Waals surface area contributed by atoms with E-state index in [9.17, 15) is 0 Å². The molecule has 0 radical (unpaired) electrons. The lowest BCUT2D eigenvalue weighted by Gasteiger charge is -2.34. The quantitative estimate of drug-likeness (QED) is 0.0508. The first-order valence-electron chi connectivity index (χ1n) is 22.7. The largest absolute Gasteiger partial charge is 0.330 e. The Bertz CT molecular complexity index is 618. The Morgan fingerprint density at radius 2 is 0.898 bits per heavy atom. The molecule has 0 aliphatic heterocycles. The van der Waals surface area contributed by atoms with E-state index in [2.05, 4.69) is 34.6 Å². The van der Waals surface area contributed by atoms with E-state index in [0.29, 0.717) is 5.92 Å². The van der Waals surface area contributed by atoms with Crippen molar-refractivity contribution in [3.63, 3.8) is 0 Å². The summed E-state index contributed by atoms with van der Waals surface area (Å²) < 4.78 is 0. The standard InChI is InChI=1S/C22H43N.C12H28N2.C11H25N/c1-2-3-6-11-21(19-12-7-4-8-13-19)16-17-22(18-23)20-14-9-5-10-15-20;1-4-10(2)8-6-5-7-9-11(3)12(13)14;1-2-3-4-5-6-7-8-9-10-11-12/h19-22H,2-18,23H2,1H3;10-12H,4-9,13-14H2,1-3H3;2-12H2,1H3. The van der Waals surface area contributed by atoms with Gasteiger partial charge in [0.1, 0.15) is 0 Å². The Morgan fingerprint density at radius 1 is 0.469 bits per heavy atom. The van der Waals surface area contributed by atoms with Crippen LogP contribution in [0.2, 0.25) is 0 Å². The Labute approximate surface area is 310 Å². The molecule has 4 heteroatoms. The van der Waals surface area contributed by atoms with Crippen LogP contribution < -0.4 is 22.9 Å². The van der Waals surface area contributed by atoms with Crippen molar-refractivity contribution in [3.8, 4) is 0 Å². The van der Waals surface area contributed by atoms with E-state index in [1.807, 2.05) is 0 Å². The molecule has 49 heavy (non-hydrogen) atoms. The van der Waals surface area contributed by atoms with E-state index in [4.69, 9.17) is 22.9 Å². The third-order valence-electron chi connectivity index (χ3n) is 12.5. The van der Waals surface area contributed by atoms with Crippen LogP contribution in [0.15, 0.2) is 0 Å². The van der Waals surface area contributed by atoms with Crippen molar-refractivity contribution in [1.29, 1.82) is 0 Å². The first kappa shape index (κ1) is 48.8. The minimum Gasteiger partial charge on any atom is -0.330 e. The second-order valence-electron chi connectivity index (χ2n) is 16.9. The predicted molar refractivity (Wildman–Crippen MR) is 223 cm³/mol. The van der Waals surface area contributed by atoms with Crippen molar-refractivity contribution in [2.24, 2.45) is 58.4 Å². The van der Waals surface area contributed by atoms with Crippen LogP contribution >= 0.6 is 0 Å². The summed E-state index contributed by atoms with van der Waals surface area (Å²) in [5, 5.41) is 0. The molecule has 4 nitrogen and oxygen atoms in total. The Morgan fingerprint density at radius 3 is 1.39 bits per heavy atom. The van der Waals surface area contributed by atoms with Gasteiger partial charge < -0.3 is 22.9 Å². The van der Waals surface area contributed by atoms with Gasteiger partial charge in [-0.05, 0) is 74.3 Å². The molecule has 4 unspecified atom stereocenters. The first-order chi connectivity index (χ1) is 23.8. The fraction of sp³-hybridized carbons (Fsp3) is 1.00. The smallest absolute Gasteiger partial charge is 0.0547 e. The van der Waals surface area contributed by atoms with E-state index in [-0.39, 0.29) is 6.17 Å². The lowest BCUT2D eigenvalue weighted by Crippen LogP contribution is -2.37. The molecular formula is C45H96N4. The molecule has 0 saturated heterocycles. The number of hydrogen-bond acceptors (Lipinski definition) is 4. The fourth-order valence-electron chi connectivity index (χ4n) is 8.45. The van der Waals surface area contributed by atoms with E-state index in [1.54, 1.807) is 0 Å². The molecule has 0 heterocycles. The van der Waals surface area contributed by atoms with Crippen LogP contribution in [0.4, 0.5) is 0 Å². The predicted octanol–water partition coefficient (Wildman–Crippen LogP) is 13.0. The average molecular weight is 693 g/mol. The third kappa shape index (κ3) is 29.0. The minimum atomic E-state index is -0.135. The first-order valence-corrected chi connectivity index (χ1v) is 22.7. The Hall–Kier alpha value is -0.160. The molecule has 296 valence electrons. The molecule has 0 aromatic heterocycles. The van der Waals surface area contributed by atoms with Crippen LogP contribution in [-0.4, -0.2) is 19.3 Å². The molecule has 0 amide bonds. The van der Waals surface area contributed by atoms with Gasteiger partial charge in [0.15, 0.2) is 0 Å². The molecule has 2 rings (SSSR count). The zero-order valence-corrected chi connectivity index (χ0v) is 34.7. The summed E-state index contributed by atoms with van der Waals surface area (Å²) in [5.41, 5.74) is 22.8. The van der Waals surface area contributed by atoms with Crippen molar-refractivity contribution in [2.45, 2.75) is 240 Å². The van der Waals surface area contributed by atoms with Gasteiger partial charge in [-0.3, -0.25) is 0 Å². The summed E-state index contributed by atoms with van der Waals surface area (Å²) >= 11 is 0. The topological polar surface area (TPSA) is 104 Å². The van der Waals surface area contributed by atoms with E-state index in [0.717, 1.165) is 42.7 Å². The fourth-order valence-corrected chi connectivity index (χ4v) is 8.45. The summed E-state index contributed by atoms with van der Waals surface area (Å²) in [6, 6.07) is 0. The second kappa shape index (κ2) is 36.2. The van der Waals surface area contributed by atoms with Gasteiger partial charge in [0.2, 0.25) is 0 Å². The molecule has 0 aromatic carbocycles. The average Bonchev–Trinajstić information content (AvgIpc) is 3.13. The van der Waals surface area contributed by atoms with Gasteiger partial charge in [0.05, 0.1) is 6.17 Å². The van der Waals surface area contributed by atoms with Crippen LogP contribution in [0.1, 0.15) is 234 Å². The molecule has 0 bridgehead atoms. The maximum atomic E-state index is 6.19. The normalized spacial score (nSPS) is 18.2. The van der Waals surface area contributed by atoms with Crippen molar-refractivity contribution < 1.29 is 0 Å². The monoisotopic (exact) mass is 693 g/mol. The molecule has 0 aromatic rings. The number of unbranched alkanes of at least 4 members (excludes halogenated alkanes) is 12. The summed E-state index contributed by atoms with van der Waals surface area (Å²) in [5.74, 6) is 5.21. The van der Waals surface area contributed by atoms with Gasteiger partial charge in [-0.25, -0.2) is 0 Å². The van der Waals surface area contributed by atoms with E-state index >= 15 is 0 Å². The van der Waals surface area contributed by atoms with Crippen LogP contribution in [0.3, 0.4) is 0 Å². The van der Waals surface area contributed by atoms with E-state index in [1.165, 1.54) is 199 Å². The molecule has 2 saturated carbocycles. The number of nitrogens with two attached hydrogens (primary N) is 4. The lowest BCUT2D eigenvalue weighted by atomic mass is 9.72. The maximum absolute atomic E-state index is 6.19. The SMILES string of the molecule is CCC(C)CCCCCC(C)C(N)N.CCCCCC(CCC(CN)C1CCCCC1)C1CCCCC1.CCCCCCCCCCCN. The highest BCUT2D eigenvalue weighted by atomic mass is 14.9. The highest BCUT2D eigenvalue weighted by Gasteiger charge is 2.27. The number of rotatable bonds is 27. The van der Waals surface area contributed by atoms with Crippen LogP contribution in [0, 0.1) is 35.5 Å². The van der Waals surface area contributed by atoms with Gasteiger partial charge in [-0.15, -0.1) is 0 Å². The lowest BCUT2D eigenvalue weighted by molar-refractivity contribution is 0.181. The Kier molecular flexibility index (Phi) is 36.1. The van der Waals surface area contributed by atoms with Crippen molar-refractivity contribution in [3.05, 3.63) is 0 Å². The molecule has 8 N–H and O–H groups in total. The second-order valence-corrected chi connectivity index (χ2v) is 16.9. The zero-order chi connectivity index (χ0) is 36.4. The maximum Gasteiger partial charge on any atom is 0.0547 e. The third-order valence-corrected chi connectivity index (χ3v) is 12.5. The van der Waals surface area contributed by atoms with E-state index < -0.39 is 0 Å². The Balaban J connectivity index is 0.000000764.